The van der Waals surface area contributed by atoms with Crippen molar-refractivity contribution < 1.29 is 14.6 Å². The van der Waals surface area contributed by atoms with Crippen LogP contribution in [0.5, 0.6) is 5.75 Å². The van der Waals surface area contributed by atoms with Crippen LogP contribution in [-0.4, -0.2) is 18.2 Å². The molecule has 0 aromatic heterocycles. The number of fused-ring (bicyclic) bond motifs is 1. The molecular weight excluding hydrogens is 204 g/mol. The molecule has 0 saturated carbocycles. The molecule has 0 fully saturated rings. The van der Waals surface area contributed by atoms with Gasteiger partial charge in [0.25, 0.3) is 0 Å². The Kier molecular flexibility index (Phi) is 2.41. The van der Waals surface area contributed by atoms with Gasteiger partial charge >= 0.3 is 5.97 Å². The van der Waals surface area contributed by atoms with Gasteiger partial charge in [-0.25, -0.2) is 0 Å². The molecular formula is C13H16O3. The minimum Gasteiger partial charge on any atom is -0.496 e. The Balaban J connectivity index is 2.63. The van der Waals surface area contributed by atoms with Crippen molar-refractivity contribution in [3.8, 4) is 5.75 Å². The SMILES string of the molecule is COc1cccc2c1C(C(=O)O)CC2(C)C. The maximum atomic E-state index is 11.3. The third-order valence-corrected chi connectivity index (χ3v) is 3.38. The van der Waals surface area contributed by atoms with Gasteiger partial charge in [-0.1, -0.05) is 26.0 Å². The Morgan fingerprint density at radius 2 is 2.19 bits per heavy atom. The van der Waals surface area contributed by atoms with Gasteiger partial charge in [-0.15, -0.1) is 0 Å². The van der Waals surface area contributed by atoms with Crippen molar-refractivity contribution in [3.05, 3.63) is 29.3 Å². The van der Waals surface area contributed by atoms with E-state index in [1.807, 2.05) is 18.2 Å². The largest absolute Gasteiger partial charge is 0.496 e. The van der Waals surface area contributed by atoms with Crippen LogP contribution < -0.4 is 4.74 Å². The summed E-state index contributed by atoms with van der Waals surface area (Å²) >= 11 is 0. The second kappa shape index (κ2) is 3.51. The van der Waals surface area contributed by atoms with Crippen molar-refractivity contribution in [1.82, 2.24) is 0 Å². The average Bonchev–Trinajstić information content (AvgIpc) is 2.51. The molecule has 0 aliphatic heterocycles. The highest BCUT2D eigenvalue weighted by Crippen LogP contribution is 2.49. The van der Waals surface area contributed by atoms with Crippen molar-refractivity contribution >= 4 is 5.97 Å². The fraction of sp³-hybridized carbons (Fsp3) is 0.462. The van der Waals surface area contributed by atoms with Gasteiger partial charge in [-0.2, -0.15) is 0 Å². The topological polar surface area (TPSA) is 46.5 Å². The summed E-state index contributed by atoms with van der Waals surface area (Å²) in [5, 5.41) is 9.26. The zero-order valence-electron chi connectivity index (χ0n) is 9.78. The number of carboxylic acids is 1. The van der Waals surface area contributed by atoms with Gasteiger partial charge in [-0.05, 0) is 23.5 Å². The summed E-state index contributed by atoms with van der Waals surface area (Å²) in [6.07, 6.45) is 0.637. The number of ether oxygens (including phenoxy) is 1. The lowest BCUT2D eigenvalue weighted by Gasteiger charge is -2.18. The Bertz CT molecular complexity index is 435. The van der Waals surface area contributed by atoms with Crippen LogP contribution in [0.2, 0.25) is 0 Å². The number of benzene rings is 1. The van der Waals surface area contributed by atoms with Crippen LogP contribution in [0.25, 0.3) is 0 Å². The Labute approximate surface area is 95.0 Å². The van der Waals surface area contributed by atoms with Gasteiger partial charge in [0.05, 0.1) is 13.0 Å². The normalized spacial score (nSPS) is 21.6. The van der Waals surface area contributed by atoms with Gasteiger partial charge in [-0.3, -0.25) is 4.79 Å². The van der Waals surface area contributed by atoms with Crippen molar-refractivity contribution in [2.75, 3.05) is 7.11 Å². The first-order valence-corrected chi connectivity index (χ1v) is 5.37. The van der Waals surface area contributed by atoms with Gasteiger partial charge in [0.1, 0.15) is 5.75 Å². The Morgan fingerprint density at radius 3 is 2.75 bits per heavy atom. The molecule has 0 heterocycles. The average molecular weight is 220 g/mol. The highest BCUT2D eigenvalue weighted by molar-refractivity contribution is 5.80. The minimum atomic E-state index is -0.767. The maximum Gasteiger partial charge on any atom is 0.311 e. The van der Waals surface area contributed by atoms with E-state index in [9.17, 15) is 9.90 Å². The number of carboxylic acid groups (broad SMARTS) is 1. The zero-order chi connectivity index (χ0) is 11.9. The predicted molar refractivity (Wildman–Crippen MR) is 61.0 cm³/mol. The summed E-state index contributed by atoms with van der Waals surface area (Å²) in [5.41, 5.74) is 1.86. The minimum absolute atomic E-state index is 0.0903. The molecule has 1 atom stereocenters. The quantitative estimate of drug-likeness (QED) is 0.833. The molecule has 3 nitrogen and oxygen atoms in total. The molecule has 0 radical (unpaired) electrons. The molecule has 3 heteroatoms. The van der Waals surface area contributed by atoms with Crippen LogP contribution in [0.15, 0.2) is 18.2 Å². The molecule has 1 aliphatic rings. The van der Waals surface area contributed by atoms with Gasteiger partial charge < -0.3 is 9.84 Å². The smallest absolute Gasteiger partial charge is 0.311 e. The Hall–Kier alpha value is -1.51. The molecule has 1 N–H and O–H groups in total. The van der Waals surface area contributed by atoms with E-state index in [-0.39, 0.29) is 5.41 Å². The van der Waals surface area contributed by atoms with Gasteiger partial charge in [0.2, 0.25) is 0 Å². The molecule has 16 heavy (non-hydrogen) atoms. The second-order valence-electron chi connectivity index (χ2n) is 4.90. The van der Waals surface area contributed by atoms with Crippen molar-refractivity contribution in [2.24, 2.45) is 0 Å². The molecule has 86 valence electrons. The first-order chi connectivity index (χ1) is 7.47. The Morgan fingerprint density at radius 1 is 1.50 bits per heavy atom. The van der Waals surface area contributed by atoms with Crippen molar-refractivity contribution in [3.63, 3.8) is 0 Å². The number of methoxy groups -OCH3 is 1. The molecule has 1 aromatic rings. The molecule has 0 saturated heterocycles. The third-order valence-electron chi connectivity index (χ3n) is 3.38. The highest BCUT2D eigenvalue weighted by atomic mass is 16.5. The molecule has 0 spiro atoms. The molecule has 0 bridgehead atoms. The highest BCUT2D eigenvalue weighted by Gasteiger charge is 2.42. The van der Waals surface area contributed by atoms with Crippen LogP contribution in [0.4, 0.5) is 0 Å². The van der Waals surface area contributed by atoms with Gasteiger partial charge in [0.15, 0.2) is 0 Å². The number of rotatable bonds is 2. The number of hydrogen-bond donors (Lipinski definition) is 1. The summed E-state index contributed by atoms with van der Waals surface area (Å²) in [6.45, 7) is 4.16. The standard InChI is InChI=1S/C13H16O3/c1-13(2)7-8(12(14)15)11-9(13)5-4-6-10(11)16-3/h4-6,8H,7H2,1-3H3,(H,14,15). The lowest BCUT2D eigenvalue weighted by Crippen LogP contribution is -2.14. The van der Waals surface area contributed by atoms with E-state index >= 15 is 0 Å². The van der Waals surface area contributed by atoms with E-state index in [0.29, 0.717) is 12.2 Å². The summed E-state index contributed by atoms with van der Waals surface area (Å²) < 4.78 is 5.27. The molecule has 1 aliphatic carbocycles. The van der Waals surface area contributed by atoms with Crippen LogP contribution in [-0.2, 0) is 10.2 Å². The first kappa shape index (κ1) is 11.0. The van der Waals surface area contributed by atoms with Crippen molar-refractivity contribution in [1.29, 1.82) is 0 Å². The summed E-state index contributed by atoms with van der Waals surface area (Å²) in [4.78, 5) is 11.3. The lowest BCUT2D eigenvalue weighted by atomic mass is 9.86. The van der Waals surface area contributed by atoms with Crippen LogP contribution >= 0.6 is 0 Å². The monoisotopic (exact) mass is 220 g/mol. The fourth-order valence-electron chi connectivity index (χ4n) is 2.60. The molecule has 2 rings (SSSR count). The van der Waals surface area contributed by atoms with Crippen LogP contribution in [0.1, 0.15) is 37.3 Å². The zero-order valence-corrected chi connectivity index (χ0v) is 9.78. The van der Waals surface area contributed by atoms with E-state index in [1.165, 1.54) is 0 Å². The van der Waals surface area contributed by atoms with E-state index < -0.39 is 11.9 Å². The maximum absolute atomic E-state index is 11.3. The third kappa shape index (κ3) is 1.47. The van der Waals surface area contributed by atoms with Gasteiger partial charge in [0, 0.05) is 5.56 Å². The predicted octanol–water partition coefficient (Wildman–Crippen LogP) is 2.54. The summed E-state index contributed by atoms with van der Waals surface area (Å²) in [7, 11) is 1.58. The van der Waals surface area contributed by atoms with E-state index in [1.54, 1.807) is 7.11 Å². The van der Waals surface area contributed by atoms with E-state index in [0.717, 1.165) is 11.1 Å². The first-order valence-electron chi connectivity index (χ1n) is 5.37. The molecule has 1 aromatic carbocycles. The van der Waals surface area contributed by atoms with E-state index in [2.05, 4.69) is 13.8 Å². The fourth-order valence-corrected chi connectivity index (χ4v) is 2.60. The van der Waals surface area contributed by atoms with Crippen molar-refractivity contribution in [2.45, 2.75) is 31.6 Å². The second-order valence-corrected chi connectivity index (χ2v) is 4.90. The number of carbonyl (C=O) groups is 1. The van der Waals surface area contributed by atoms with Crippen LogP contribution in [0.3, 0.4) is 0 Å². The number of aliphatic carboxylic acids is 1. The number of hydrogen-bond acceptors (Lipinski definition) is 2. The summed E-state index contributed by atoms with van der Waals surface area (Å²) in [6, 6.07) is 5.75. The van der Waals surface area contributed by atoms with E-state index in [4.69, 9.17) is 4.74 Å². The summed E-state index contributed by atoms with van der Waals surface area (Å²) in [5.74, 6) is -0.520. The lowest BCUT2D eigenvalue weighted by molar-refractivity contribution is -0.139. The molecule has 1 unspecified atom stereocenters. The molecule has 0 amide bonds. The van der Waals surface area contributed by atoms with Crippen LogP contribution in [0, 0.1) is 0 Å².